The van der Waals surface area contributed by atoms with Crippen LogP contribution in [0.15, 0.2) is 55.8 Å². The number of thiophene rings is 1. The largest absolute Gasteiger partial charge is 0.335 e. The highest BCUT2D eigenvalue weighted by atomic mass is 32.2. The Morgan fingerprint density at radius 2 is 1.70 bits per heavy atom. The molecule has 0 radical (unpaired) electrons. The van der Waals surface area contributed by atoms with Gasteiger partial charge in [-0.1, -0.05) is 24.3 Å². The minimum Gasteiger partial charge on any atom is -0.335 e. The molecule has 4 rings (SSSR count). The Balaban J connectivity index is 1.51. The third-order valence-corrected chi connectivity index (χ3v) is 9.70. The van der Waals surface area contributed by atoms with Crippen molar-refractivity contribution in [3.05, 3.63) is 52.2 Å². The van der Waals surface area contributed by atoms with Gasteiger partial charge in [-0.15, -0.1) is 11.3 Å². The number of sulfonamides is 1. The van der Waals surface area contributed by atoms with E-state index in [9.17, 15) is 21.6 Å². The van der Waals surface area contributed by atoms with E-state index in [1.807, 2.05) is 0 Å². The summed E-state index contributed by atoms with van der Waals surface area (Å²) in [6.07, 6.45) is 1.39. The summed E-state index contributed by atoms with van der Waals surface area (Å²) < 4.78 is 52.0. The van der Waals surface area contributed by atoms with Gasteiger partial charge in [0.05, 0.1) is 4.90 Å². The van der Waals surface area contributed by atoms with Crippen molar-refractivity contribution in [2.75, 3.05) is 26.2 Å². The van der Waals surface area contributed by atoms with Crippen molar-refractivity contribution in [3.63, 3.8) is 0 Å². The van der Waals surface area contributed by atoms with E-state index in [0.29, 0.717) is 5.56 Å². The first-order valence-electron chi connectivity index (χ1n) is 8.20. The molecule has 2 aromatic rings. The predicted octanol–water partition coefficient (Wildman–Crippen LogP) is 1.41. The highest BCUT2D eigenvalue weighted by molar-refractivity contribution is 7.96. The van der Waals surface area contributed by atoms with Crippen molar-refractivity contribution >= 4 is 43.2 Å². The van der Waals surface area contributed by atoms with Crippen LogP contribution in [-0.2, 0) is 24.7 Å². The molecule has 1 fully saturated rings. The van der Waals surface area contributed by atoms with E-state index >= 15 is 0 Å². The van der Waals surface area contributed by atoms with Gasteiger partial charge in [-0.3, -0.25) is 4.79 Å². The summed E-state index contributed by atoms with van der Waals surface area (Å²) in [7, 11) is -7.40. The second kappa shape index (κ2) is 6.55. The summed E-state index contributed by atoms with van der Waals surface area (Å²) in [5.41, 5.74) is 0.500. The molecule has 0 atom stereocenters. The van der Waals surface area contributed by atoms with Crippen molar-refractivity contribution in [1.82, 2.24) is 9.21 Å². The first-order chi connectivity index (χ1) is 12.8. The first-order valence-corrected chi connectivity index (χ1v) is 12.0. The highest BCUT2D eigenvalue weighted by Gasteiger charge is 2.38. The van der Waals surface area contributed by atoms with Crippen LogP contribution in [0.2, 0.25) is 0 Å². The highest BCUT2D eigenvalue weighted by Crippen LogP contribution is 2.33. The van der Waals surface area contributed by atoms with Gasteiger partial charge in [0.15, 0.2) is 0 Å². The summed E-state index contributed by atoms with van der Waals surface area (Å²) >= 11 is 1.15. The molecule has 142 valence electrons. The van der Waals surface area contributed by atoms with Crippen LogP contribution in [-0.4, -0.2) is 58.1 Å². The van der Waals surface area contributed by atoms with Gasteiger partial charge in [0.2, 0.25) is 9.84 Å². The van der Waals surface area contributed by atoms with Gasteiger partial charge in [0.1, 0.15) is 9.11 Å². The molecular formula is C17H16N2O5S3. The molecule has 1 saturated heterocycles. The second-order valence-corrected chi connectivity index (χ2v) is 11.2. The predicted molar refractivity (Wildman–Crippen MR) is 101 cm³/mol. The van der Waals surface area contributed by atoms with Crippen molar-refractivity contribution in [2.45, 2.75) is 9.10 Å². The maximum absolute atomic E-state index is 12.8. The minimum atomic E-state index is -3.83. The number of sulfone groups is 1. The molecule has 0 aliphatic carbocycles. The van der Waals surface area contributed by atoms with Crippen molar-refractivity contribution in [3.8, 4) is 0 Å². The number of benzene rings is 1. The first kappa shape index (κ1) is 18.4. The van der Waals surface area contributed by atoms with Gasteiger partial charge < -0.3 is 4.90 Å². The quantitative estimate of drug-likeness (QED) is 0.743. The van der Waals surface area contributed by atoms with E-state index in [4.69, 9.17) is 0 Å². The third kappa shape index (κ3) is 3.02. The molecular weight excluding hydrogens is 408 g/mol. The van der Waals surface area contributed by atoms with E-state index < -0.39 is 25.8 Å². The summed E-state index contributed by atoms with van der Waals surface area (Å²) in [6, 6.07) is 9.68. The number of hydrogen-bond donors (Lipinski definition) is 0. The van der Waals surface area contributed by atoms with Crippen LogP contribution >= 0.6 is 11.3 Å². The molecule has 27 heavy (non-hydrogen) atoms. The van der Waals surface area contributed by atoms with Gasteiger partial charge >= 0.3 is 0 Å². The SMILES string of the molecule is O=C(C1=Cc2ccccc2S1(=O)=O)N1CCN(S(=O)(=O)c2cccs2)CC1. The van der Waals surface area contributed by atoms with E-state index in [-0.39, 0.29) is 40.2 Å². The molecule has 0 spiro atoms. The Bertz CT molecular complexity index is 1130. The molecule has 0 unspecified atom stereocenters. The number of carbonyl (C=O) groups excluding carboxylic acids is 1. The fourth-order valence-corrected chi connectivity index (χ4v) is 7.32. The summed E-state index contributed by atoms with van der Waals surface area (Å²) in [4.78, 5) is 14.1. The Hall–Kier alpha value is -2.01. The lowest BCUT2D eigenvalue weighted by atomic mass is 10.2. The molecule has 1 amide bonds. The van der Waals surface area contributed by atoms with Crippen LogP contribution in [0.5, 0.6) is 0 Å². The molecule has 2 aliphatic rings. The van der Waals surface area contributed by atoms with Gasteiger partial charge in [0, 0.05) is 26.2 Å². The average Bonchev–Trinajstić information content (AvgIpc) is 3.29. The number of carbonyl (C=O) groups is 1. The lowest BCUT2D eigenvalue weighted by molar-refractivity contribution is -0.127. The summed E-state index contributed by atoms with van der Waals surface area (Å²) in [5, 5.41) is 1.70. The van der Waals surface area contributed by atoms with Crippen LogP contribution in [0.3, 0.4) is 0 Å². The molecule has 1 aromatic heterocycles. The second-order valence-electron chi connectivity index (χ2n) is 6.18. The number of piperazine rings is 1. The lowest BCUT2D eigenvalue weighted by Crippen LogP contribution is -2.51. The Morgan fingerprint density at radius 3 is 2.33 bits per heavy atom. The zero-order valence-corrected chi connectivity index (χ0v) is 16.6. The maximum Gasteiger partial charge on any atom is 0.265 e. The minimum absolute atomic E-state index is 0.131. The smallest absolute Gasteiger partial charge is 0.265 e. The fourth-order valence-electron chi connectivity index (χ4n) is 3.18. The normalized spacial score (nSPS) is 19.6. The molecule has 0 N–H and O–H groups in total. The van der Waals surface area contributed by atoms with Crippen molar-refractivity contribution < 1.29 is 21.6 Å². The summed E-state index contributed by atoms with van der Waals surface area (Å²) in [5.74, 6) is -0.584. The number of nitrogens with zero attached hydrogens (tertiary/aromatic N) is 2. The maximum atomic E-state index is 12.8. The zero-order valence-electron chi connectivity index (χ0n) is 14.1. The van der Waals surface area contributed by atoms with Crippen LogP contribution in [0.4, 0.5) is 0 Å². The van der Waals surface area contributed by atoms with Crippen molar-refractivity contribution in [2.24, 2.45) is 0 Å². The van der Waals surface area contributed by atoms with E-state index in [0.717, 1.165) is 11.3 Å². The number of amides is 1. The van der Waals surface area contributed by atoms with Crippen LogP contribution in [0, 0.1) is 0 Å². The zero-order chi connectivity index (χ0) is 19.2. The molecule has 7 nitrogen and oxygen atoms in total. The topological polar surface area (TPSA) is 91.8 Å². The van der Waals surface area contributed by atoms with E-state index in [1.54, 1.807) is 35.7 Å². The number of rotatable bonds is 3. The standard InChI is InChI=1S/C17H16N2O5S3/c20-17(15-12-13-4-1-2-5-14(13)26(15,21)22)18-7-9-19(10-8-18)27(23,24)16-6-3-11-25-16/h1-6,11-12H,7-10H2. The molecule has 1 aromatic carbocycles. The molecule has 3 heterocycles. The van der Waals surface area contributed by atoms with E-state index in [2.05, 4.69) is 0 Å². The Morgan fingerprint density at radius 1 is 1.00 bits per heavy atom. The molecule has 0 saturated carbocycles. The van der Waals surface area contributed by atoms with Crippen LogP contribution < -0.4 is 0 Å². The third-order valence-electron chi connectivity index (χ3n) is 4.61. The molecule has 2 aliphatic heterocycles. The Kier molecular flexibility index (Phi) is 4.46. The van der Waals surface area contributed by atoms with Crippen LogP contribution in [0.1, 0.15) is 5.56 Å². The monoisotopic (exact) mass is 424 g/mol. The van der Waals surface area contributed by atoms with Crippen LogP contribution in [0.25, 0.3) is 6.08 Å². The molecule has 0 bridgehead atoms. The lowest BCUT2D eigenvalue weighted by Gasteiger charge is -2.33. The van der Waals surface area contributed by atoms with Crippen molar-refractivity contribution in [1.29, 1.82) is 0 Å². The van der Waals surface area contributed by atoms with Gasteiger partial charge in [0.25, 0.3) is 15.9 Å². The van der Waals surface area contributed by atoms with E-state index in [1.165, 1.54) is 21.3 Å². The van der Waals surface area contributed by atoms with Gasteiger partial charge in [-0.2, -0.15) is 4.31 Å². The molecule has 10 heteroatoms. The van der Waals surface area contributed by atoms with Gasteiger partial charge in [-0.05, 0) is 29.2 Å². The van der Waals surface area contributed by atoms with Gasteiger partial charge in [-0.25, -0.2) is 16.8 Å². The Labute approximate surface area is 161 Å². The average molecular weight is 425 g/mol. The fraction of sp³-hybridized carbons (Fsp3) is 0.235. The number of fused-ring (bicyclic) bond motifs is 1. The summed E-state index contributed by atoms with van der Waals surface area (Å²) in [6.45, 7) is 0.553. The number of hydrogen-bond acceptors (Lipinski definition) is 6.